The number of benzene rings is 2. The predicted molar refractivity (Wildman–Crippen MR) is 113 cm³/mol. The number of aliphatic imine (C=N–C) groups is 1. The molecule has 1 heterocycles. The molecule has 0 fully saturated rings. The lowest BCUT2D eigenvalue weighted by molar-refractivity contribution is -0.113. The van der Waals surface area contributed by atoms with E-state index in [0.717, 1.165) is 0 Å². The lowest BCUT2D eigenvalue weighted by Crippen LogP contribution is -2.31. The zero-order valence-electron chi connectivity index (χ0n) is 16.2. The van der Waals surface area contributed by atoms with Crippen molar-refractivity contribution in [1.82, 2.24) is 0 Å². The van der Waals surface area contributed by atoms with E-state index < -0.39 is 17.7 Å². The molecule has 0 aromatic heterocycles. The van der Waals surface area contributed by atoms with Gasteiger partial charge < -0.3 is 10.1 Å². The molecule has 0 spiro atoms. The van der Waals surface area contributed by atoms with Crippen LogP contribution in [0.5, 0.6) is 5.75 Å². The fourth-order valence-corrected chi connectivity index (χ4v) is 4.12. The zero-order valence-corrected chi connectivity index (χ0v) is 17.7. The molecular weight excluding hydrogens is 437 g/mol. The highest BCUT2D eigenvalue weighted by Gasteiger charge is 2.38. The van der Waals surface area contributed by atoms with Gasteiger partial charge in [0.15, 0.2) is 0 Å². The number of carbonyl (C=O) groups excluding carboxylic acids is 1. The Morgan fingerprint density at radius 3 is 2.66 bits per heavy atom. The minimum atomic E-state index is -0.654. The van der Waals surface area contributed by atoms with E-state index in [9.17, 15) is 14.4 Å². The van der Waals surface area contributed by atoms with Crippen LogP contribution in [0.25, 0.3) is 0 Å². The summed E-state index contributed by atoms with van der Waals surface area (Å²) >= 11 is 3.38. The van der Waals surface area contributed by atoms with Crippen molar-refractivity contribution in [3.05, 3.63) is 69.6 Å². The molecule has 148 valence electrons. The molecule has 2 unspecified atom stereocenters. The van der Waals surface area contributed by atoms with Gasteiger partial charge >= 0.3 is 0 Å². The minimum Gasteiger partial charge on any atom is -0.495 e. The van der Waals surface area contributed by atoms with Crippen molar-refractivity contribution in [1.29, 1.82) is 5.26 Å². The standard InChI is InChI=1S/C22H19BrFN3O2/c1-12-16(11-25)21(15-9-8-14(24)10-17(15)23)20(13(2)26-12)22(28)27-18-6-4-5-7-19(18)29-3/h4-10,16,21H,1-3H3,(H,27,28). The van der Waals surface area contributed by atoms with Gasteiger partial charge in [0.05, 0.1) is 24.8 Å². The molecular formula is C22H19BrFN3O2. The van der Waals surface area contributed by atoms with Gasteiger partial charge in [-0.25, -0.2) is 4.39 Å². The molecule has 1 aliphatic rings. The number of carbonyl (C=O) groups is 1. The largest absolute Gasteiger partial charge is 0.495 e. The van der Waals surface area contributed by atoms with Gasteiger partial charge in [0.2, 0.25) is 0 Å². The summed E-state index contributed by atoms with van der Waals surface area (Å²) in [5.41, 5.74) is 2.65. The Kier molecular flexibility index (Phi) is 6.14. The molecule has 0 bridgehead atoms. The second-order valence-electron chi connectivity index (χ2n) is 6.66. The van der Waals surface area contributed by atoms with Crippen molar-refractivity contribution in [2.45, 2.75) is 19.8 Å². The van der Waals surface area contributed by atoms with Crippen molar-refractivity contribution in [2.24, 2.45) is 10.9 Å². The van der Waals surface area contributed by atoms with Crippen molar-refractivity contribution < 1.29 is 13.9 Å². The van der Waals surface area contributed by atoms with E-state index in [2.05, 4.69) is 32.3 Å². The van der Waals surface area contributed by atoms with Crippen LogP contribution in [0, 0.1) is 23.1 Å². The van der Waals surface area contributed by atoms with Crippen LogP contribution >= 0.6 is 15.9 Å². The number of hydrogen-bond donors (Lipinski definition) is 1. The summed E-state index contributed by atoms with van der Waals surface area (Å²) < 4.78 is 19.4. The number of ether oxygens (including phenoxy) is 1. The highest BCUT2D eigenvalue weighted by atomic mass is 79.9. The van der Waals surface area contributed by atoms with Gasteiger partial charge in [-0.15, -0.1) is 0 Å². The van der Waals surface area contributed by atoms with Gasteiger partial charge in [0.25, 0.3) is 5.91 Å². The van der Waals surface area contributed by atoms with Crippen LogP contribution in [-0.4, -0.2) is 18.7 Å². The van der Waals surface area contributed by atoms with Crippen molar-refractivity contribution in [3.63, 3.8) is 0 Å². The first kappa shape index (κ1) is 20.7. The van der Waals surface area contributed by atoms with Gasteiger partial charge in [-0.1, -0.05) is 34.1 Å². The van der Waals surface area contributed by atoms with E-state index in [1.807, 2.05) is 0 Å². The summed E-state index contributed by atoms with van der Waals surface area (Å²) in [6.07, 6.45) is 0. The van der Waals surface area contributed by atoms with Crippen LogP contribution in [0.1, 0.15) is 25.3 Å². The lowest BCUT2D eigenvalue weighted by atomic mass is 9.76. The molecule has 0 aliphatic carbocycles. The fourth-order valence-electron chi connectivity index (χ4n) is 3.53. The molecule has 0 saturated carbocycles. The van der Waals surface area contributed by atoms with Crippen LogP contribution in [0.15, 0.2) is 63.2 Å². The molecule has 1 amide bonds. The molecule has 1 aliphatic heterocycles. The van der Waals surface area contributed by atoms with Crippen LogP contribution in [0.2, 0.25) is 0 Å². The summed E-state index contributed by atoms with van der Waals surface area (Å²) in [4.78, 5) is 17.7. The number of rotatable bonds is 4. The Morgan fingerprint density at radius 1 is 1.28 bits per heavy atom. The number of allylic oxidation sites excluding steroid dienone is 1. The number of nitriles is 1. The number of halogens is 2. The number of para-hydroxylation sites is 2. The quantitative estimate of drug-likeness (QED) is 0.687. The highest BCUT2D eigenvalue weighted by molar-refractivity contribution is 9.10. The van der Waals surface area contributed by atoms with E-state index in [1.54, 1.807) is 44.2 Å². The summed E-state index contributed by atoms with van der Waals surface area (Å²) in [6.45, 7) is 3.50. The van der Waals surface area contributed by atoms with Crippen LogP contribution < -0.4 is 10.1 Å². The van der Waals surface area contributed by atoms with E-state index in [1.165, 1.54) is 19.2 Å². The van der Waals surface area contributed by atoms with Crippen molar-refractivity contribution in [2.75, 3.05) is 12.4 Å². The Balaban J connectivity index is 2.10. The zero-order chi connectivity index (χ0) is 21.1. The number of methoxy groups -OCH3 is 1. The number of hydrogen-bond acceptors (Lipinski definition) is 4. The fraction of sp³-hybridized carbons (Fsp3) is 0.227. The molecule has 0 saturated heterocycles. The Hall–Kier alpha value is -2.98. The van der Waals surface area contributed by atoms with Gasteiger partial charge in [-0.2, -0.15) is 5.26 Å². The molecule has 7 heteroatoms. The number of nitrogens with one attached hydrogen (secondary N) is 1. The third kappa shape index (κ3) is 4.08. The average Bonchev–Trinajstić information content (AvgIpc) is 2.68. The maximum atomic E-state index is 13.6. The van der Waals surface area contributed by atoms with Crippen LogP contribution in [-0.2, 0) is 4.79 Å². The number of nitrogens with zero attached hydrogens (tertiary/aromatic N) is 2. The van der Waals surface area contributed by atoms with Gasteiger partial charge in [0.1, 0.15) is 11.6 Å². The molecule has 0 radical (unpaired) electrons. The third-order valence-corrected chi connectivity index (χ3v) is 5.55. The van der Waals surface area contributed by atoms with Crippen LogP contribution in [0.4, 0.5) is 10.1 Å². The molecule has 2 aromatic rings. The van der Waals surface area contributed by atoms with Crippen molar-refractivity contribution in [3.8, 4) is 11.8 Å². The van der Waals surface area contributed by atoms with E-state index in [-0.39, 0.29) is 5.91 Å². The normalized spacial score (nSPS) is 18.7. The summed E-state index contributed by atoms with van der Waals surface area (Å²) in [6, 6.07) is 13.6. The molecule has 29 heavy (non-hydrogen) atoms. The first-order chi connectivity index (χ1) is 13.9. The average molecular weight is 456 g/mol. The molecule has 2 atom stereocenters. The van der Waals surface area contributed by atoms with Gasteiger partial charge in [0, 0.05) is 27.4 Å². The molecule has 1 N–H and O–H groups in total. The van der Waals surface area contributed by atoms with Crippen LogP contribution in [0.3, 0.4) is 0 Å². The Bertz CT molecular complexity index is 1070. The number of amides is 1. The van der Waals surface area contributed by atoms with Gasteiger partial charge in [-0.05, 0) is 43.7 Å². The topological polar surface area (TPSA) is 74.5 Å². The predicted octanol–water partition coefficient (Wildman–Crippen LogP) is 5.21. The first-order valence-electron chi connectivity index (χ1n) is 8.92. The SMILES string of the molecule is COc1ccccc1NC(=O)C1=C(C)N=C(C)C(C#N)C1c1ccc(F)cc1Br. The van der Waals surface area contributed by atoms with Gasteiger partial charge in [-0.3, -0.25) is 9.79 Å². The highest BCUT2D eigenvalue weighted by Crippen LogP contribution is 2.42. The summed E-state index contributed by atoms with van der Waals surface area (Å²) in [5.74, 6) is -1.52. The smallest absolute Gasteiger partial charge is 0.254 e. The second kappa shape index (κ2) is 8.58. The van der Waals surface area contributed by atoms with Crippen molar-refractivity contribution >= 4 is 33.2 Å². The second-order valence-corrected chi connectivity index (χ2v) is 7.51. The summed E-state index contributed by atoms with van der Waals surface area (Å²) in [5, 5.41) is 12.7. The first-order valence-corrected chi connectivity index (χ1v) is 9.71. The van der Waals surface area contributed by atoms with E-state index in [4.69, 9.17) is 4.74 Å². The Morgan fingerprint density at radius 2 is 2.00 bits per heavy atom. The molecule has 5 nitrogen and oxygen atoms in total. The molecule has 2 aromatic carbocycles. The molecule has 3 rings (SSSR count). The third-order valence-electron chi connectivity index (χ3n) is 4.86. The minimum absolute atomic E-state index is 0.361. The maximum absolute atomic E-state index is 13.6. The lowest BCUT2D eigenvalue weighted by Gasteiger charge is -2.30. The Labute approximate surface area is 177 Å². The van der Waals surface area contributed by atoms with E-state index in [0.29, 0.717) is 38.5 Å². The summed E-state index contributed by atoms with van der Waals surface area (Å²) in [7, 11) is 1.52. The van der Waals surface area contributed by atoms with E-state index >= 15 is 0 Å². The maximum Gasteiger partial charge on any atom is 0.254 e. The monoisotopic (exact) mass is 455 g/mol. The number of anilines is 1.